The highest BCUT2D eigenvalue weighted by Crippen LogP contribution is 2.38. The molecule has 2 nitrogen and oxygen atoms in total. The van der Waals surface area contributed by atoms with Gasteiger partial charge in [0.25, 0.3) is 0 Å². The number of hydrogen-bond acceptors (Lipinski definition) is 2. The van der Waals surface area contributed by atoms with E-state index in [0.29, 0.717) is 5.92 Å². The molecular weight excluding hydrogens is 216 g/mol. The van der Waals surface area contributed by atoms with Crippen LogP contribution in [0.1, 0.15) is 47.5 Å². The maximum atomic E-state index is 11.1. The van der Waals surface area contributed by atoms with Gasteiger partial charge in [0.2, 0.25) is 0 Å². The van der Waals surface area contributed by atoms with Crippen LogP contribution in [0, 0.1) is 5.92 Å². The SMILES string of the molecule is CCC[C@H](C)[C@H](C=O)O[Si](C)(C)C(C)(C)C. The lowest BCUT2D eigenvalue weighted by Gasteiger charge is -2.39. The molecule has 0 amide bonds. The van der Waals surface area contributed by atoms with Crippen molar-refractivity contribution in [3.63, 3.8) is 0 Å². The van der Waals surface area contributed by atoms with Crippen LogP contribution in [-0.2, 0) is 9.22 Å². The van der Waals surface area contributed by atoms with Crippen LogP contribution in [0.5, 0.6) is 0 Å². The van der Waals surface area contributed by atoms with E-state index in [1.807, 2.05) is 0 Å². The number of aldehydes is 1. The van der Waals surface area contributed by atoms with Crippen LogP contribution in [0.2, 0.25) is 18.1 Å². The van der Waals surface area contributed by atoms with Crippen molar-refractivity contribution < 1.29 is 9.22 Å². The van der Waals surface area contributed by atoms with Gasteiger partial charge in [-0.1, -0.05) is 41.0 Å². The first kappa shape index (κ1) is 15.8. The molecule has 0 saturated carbocycles. The van der Waals surface area contributed by atoms with Crippen molar-refractivity contribution in [2.45, 2.75) is 71.7 Å². The molecule has 0 saturated heterocycles. The first-order chi connectivity index (χ1) is 7.15. The number of carbonyl (C=O) groups is 1. The maximum Gasteiger partial charge on any atom is 0.193 e. The Balaban J connectivity index is 4.60. The number of rotatable bonds is 6. The monoisotopic (exact) mass is 244 g/mol. The summed E-state index contributed by atoms with van der Waals surface area (Å²) in [7, 11) is -1.81. The van der Waals surface area contributed by atoms with Crippen molar-refractivity contribution >= 4 is 14.6 Å². The summed E-state index contributed by atoms with van der Waals surface area (Å²) in [6.45, 7) is 15.2. The van der Waals surface area contributed by atoms with Gasteiger partial charge >= 0.3 is 0 Å². The molecule has 0 aliphatic carbocycles. The van der Waals surface area contributed by atoms with Gasteiger partial charge in [0.1, 0.15) is 12.4 Å². The summed E-state index contributed by atoms with van der Waals surface area (Å²) in [5.41, 5.74) is 0. The van der Waals surface area contributed by atoms with E-state index in [-0.39, 0.29) is 11.1 Å². The fourth-order valence-electron chi connectivity index (χ4n) is 1.41. The molecule has 0 N–H and O–H groups in total. The van der Waals surface area contributed by atoms with E-state index in [4.69, 9.17) is 4.43 Å². The van der Waals surface area contributed by atoms with E-state index in [0.717, 1.165) is 19.1 Å². The van der Waals surface area contributed by atoms with Crippen molar-refractivity contribution in [1.82, 2.24) is 0 Å². The van der Waals surface area contributed by atoms with Crippen LogP contribution < -0.4 is 0 Å². The van der Waals surface area contributed by atoms with E-state index < -0.39 is 8.32 Å². The second kappa shape index (κ2) is 5.96. The summed E-state index contributed by atoms with van der Waals surface area (Å²) in [5.74, 6) is 0.330. The van der Waals surface area contributed by atoms with E-state index in [9.17, 15) is 4.79 Å². The van der Waals surface area contributed by atoms with Crippen molar-refractivity contribution in [3.05, 3.63) is 0 Å². The zero-order valence-electron chi connectivity index (χ0n) is 12.0. The smallest absolute Gasteiger partial charge is 0.193 e. The molecule has 0 aromatic heterocycles. The zero-order valence-corrected chi connectivity index (χ0v) is 13.0. The summed E-state index contributed by atoms with van der Waals surface area (Å²) in [6, 6.07) is 0. The number of carbonyl (C=O) groups excluding carboxylic acids is 1. The van der Waals surface area contributed by atoms with Crippen molar-refractivity contribution in [2.24, 2.45) is 5.92 Å². The summed E-state index contributed by atoms with van der Waals surface area (Å²) < 4.78 is 6.14. The molecule has 0 bridgehead atoms. The van der Waals surface area contributed by atoms with E-state index in [2.05, 4.69) is 47.7 Å². The Labute approximate surface area is 102 Å². The Morgan fingerprint density at radius 3 is 2.12 bits per heavy atom. The third-order valence-electron chi connectivity index (χ3n) is 3.68. The average molecular weight is 244 g/mol. The molecule has 0 fully saturated rings. The predicted molar refractivity (Wildman–Crippen MR) is 72.2 cm³/mol. The zero-order chi connectivity index (χ0) is 13.0. The standard InChI is InChI=1S/C13H28O2Si/c1-8-9-11(2)12(10-14)15-16(6,7)13(3,4)5/h10-12H,8-9H2,1-7H3/t11-,12-/m0/s1. The lowest BCUT2D eigenvalue weighted by molar-refractivity contribution is -0.116. The van der Waals surface area contributed by atoms with Crippen LogP contribution in [0.25, 0.3) is 0 Å². The first-order valence-electron chi connectivity index (χ1n) is 6.28. The van der Waals surface area contributed by atoms with Crippen LogP contribution in [0.4, 0.5) is 0 Å². The number of hydrogen-bond donors (Lipinski definition) is 0. The van der Waals surface area contributed by atoms with Gasteiger partial charge in [0.15, 0.2) is 8.32 Å². The summed E-state index contributed by atoms with van der Waals surface area (Å²) >= 11 is 0. The van der Waals surface area contributed by atoms with Gasteiger partial charge in [0, 0.05) is 0 Å². The van der Waals surface area contributed by atoms with Crippen molar-refractivity contribution in [2.75, 3.05) is 0 Å². The normalized spacial score (nSPS) is 16.9. The summed E-state index contributed by atoms with van der Waals surface area (Å²) in [4.78, 5) is 11.1. The van der Waals surface area contributed by atoms with Crippen LogP contribution in [-0.4, -0.2) is 20.7 Å². The van der Waals surface area contributed by atoms with Crippen LogP contribution in [0.15, 0.2) is 0 Å². The van der Waals surface area contributed by atoms with E-state index in [1.165, 1.54) is 0 Å². The molecule has 0 rings (SSSR count). The van der Waals surface area contributed by atoms with Gasteiger partial charge < -0.3 is 9.22 Å². The molecule has 2 atom stereocenters. The Morgan fingerprint density at radius 1 is 1.31 bits per heavy atom. The summed E-state index contributed by atoms with van der Waals surface area (Å²) in [6.07, 6.45) is 2.92. The molecular formula is C13H28O2Si. The molecule has 16 heavy (non-hydrogen) atoms. The molecule has 0 aliphatic heterocycles. The minimum atomic E-state index is -1.81. The topological polar surface area (TPSA) is 26.3 Å². The Hall–Kier alpha value is -0.153. The molecule has 0 unspecified atom stereocenters. The van der Waals surface area contributed by atoms with E-state index >= 15 is 0 Å². The Bertz CT molecular complexity index is 218. The molecule has 3 heteroatoms. The van der Waals surface area contributed by atoms with E-state index in [1.54, 1.807) is 0 Å². The quantitative estimate of drug-likeness (QED) is 0.521. The Morgan fingerprint density at radius 2 is 1.81 bits per heavy atom. The Kier molecular flexibility index (Phi) is 5.91. The maximum absolute atomic E-state index is 11.1. The van der Waals surface area contributed by atoms with Crippen molar-refractivity contribution in [3.8, 4) is 0 Å². The predicted octanol–water partition coefficient (Wildman–Crippen LogP) is 4.01. The van der Waals surface area contributed by atoms with Gasteiger partial charge in [-0.05, 0) is 30.5 Å². The third kappa shape index (κ3) is 4.38. The highest BCUT2D eigenvalue weighted by atomic mass is 28.4. The minimum Gasteiger partial charge on any atom is -0.407 e. The van der Waals surface area contributed by atoms with Gasteiger partial charge in [0.05, 0.1) is 0 Å². The van der Waals surface area contributed by atoms with Crippen LogP contribution in [0.3, 0.4) is 0 Å². The second-order valence-electron chi connectivity index (χ2n) is 6.24. The van der Waals surface area contributed by atoms with Gasteiger partial charge in [-0.15, -0.1) is 0 Å². The highest BCUT2D eigenvalue weighted by Gasteiger charge is 2.39. The molecule has 96 valence electrons. The largest absolute Gasteiger partial charge is 0.407 e. The lowest BCUT2D eigenvalue weighted by atomic mass is 10.0. The van der Waals surface area contributed by atoms with Crippen LogP contribution >= 0.6 is 0 Å². The van der Waals surface area contributed by atoms with Crippen molar-refractivity contribution in [1.29, 1.82) is 0 Å². The molecule has 0 spiro atoms. The van der Waals surface area contributed by atoms with Gasteiger partial charge in [-0.3, -0.25) is 0 Å². The second-order valence-corrected chi connectivity index (χ2v) is 11.0. The highest BCUT2D eigenvalue weighted by molar-refractivity contribution is 6.74. The third-order valence-corrected chi connectivity index (χ3v) is 8.15. The molecule has 0 aromatic rings. The molecule has 0 radical (unpaired) electrons. The average Bonchev–Trinajstić information content (AvgIpc) is 2.12. The lowest BCUT2D eigenvalue weighted by Crippen LogP contribution is -2.46. The van der Waals surface area contributed by atoms with Gasteiger partial charge in [-0.2, -0.15) is 0 Å². The molecule has 0 heterocycles. The summed E-state index contributed by atoms with van der Waals surface area (Å²) in [5, 5.41) is 0.167. The fraction of sp³-hybridized carbons (Fsp3) is 0.923. The first-order valence-corrected chi connectivity index (χ1v) is 9.19. The molecule has 0 aromatic carbocycles. The fourth-order valence-corrected chi connectivity index (χ4v) is 2.74. The minimum absolute atomic E-state index is 0.167. The van der Waals surface area contributed by atoms with Gasteiger partial charge in [-0.25, -0.2) is 0 Å². The molecule has 0 aliphatic rings.